The molecule has 1 atom stereocenters. The Labute approximate surface area is 149 Å². The number of nitrogens with zero attached hydrogens (tertiary/aromatic N) is 1. The highest BCUT2D eigenvalue weighted by Crippen LogP contribution is 2.30. The van der Waals surface area contributed by atoms with Crippen LogP contribution in [0, 0.1) is 0 Å². The second-order valence-electron chi connectivity index (χ2n) is 5.55. The van der Waals surface area contributed by atoms with Crippen molar-refractivity contribution < 1.29 is 14.3 Å². The van der Waals surface area contributed by atoms with Crippen LogP contribution in [0.3, 0.4) is 0 Å². The molecule has 124 valence electrons. The maximum Gasteiger partial charge on any atom is 0.328 e. The number of methoxy groups -OCH3 is 1. The third-order valence-corrected chi connectivity index (χ3v) is 4.98. The highest BCUT2D eigenvalue weighted by atomic mass is 35.5. The molecule has 24 heavy (non-hydrogen) atoms. The van der Waals surface area contributed by atoms with E-state index >= 15 is 0 Å². The second-order valence-corrected chi connectivity index (χ2v) is 6.33. The number of halogens is 2. The van der Waals surface area contributed by atoms with Gasteiger partial charge >= 0.3 is 5.97 Å². The average Bonchev–Trinajstić information content (AvgIpc) is 2.61. The highest BCUT2D eigenvalue weighted by molar-refractivity contribution is 6.43. The molecule has 2 aromatic carbocycles. The molecule has 0 aromatic heterocycles. The molecule has 6 heteroatoms. The molecule has 2 aromatic rings. The number of esters is 1. The predicted molar refractivity (Wildman–Crippen MR) is 92.3 cm³/mol. The fourth-order valence-electron chi connectivity index (χ4n) is 2.91. The van der Waals surface area contributed by atoms with Crippen LogP contribution in [0.15, 0.2) is 42.5 Å². The molecular formula is C18H15Cl2NO3. The summed E-state index contributed by atoms with van der Waals surface area (Å²) in [4.78, 5) is 26.7. The Kier molecular flexibility index (Phi) is 4.78. The number of carbonyl (C=O) groups excluding carboxylic acids is 2. The molecule has 0 spiro atoms. The molecule has 0 aliphatic carbocycles. The summed E-state index contributed by atoms with van der Waals surface area (Å²) in [6, 6.07) is 11.9. The van der Waals surface area contributed by atoms with Gasteiger partial charge in [-0.1, -0.05) is 53.5 Å². The summed E-state index contributed by atoms with van der Waals surface area (Å²) in [5, 5.41) is 0.487. The van der Waals surface area contributed by atoms with Gasteiger partial charge in [-0.05, 0) is 23.3 Å². The molecule has 0 radical (unpaired) electrons. The standard InChI is InChI=1S/C18H15Cl2NO3/c1-24-18(23)15-9-11-5-2-3-6-12(11)10-21(15)17(22)13-7-4-8-14(19)16(13)20/h2-8,15H,9-10H2,1H3. The first kappa shape index (κ1) is 16.8. The topological polar surface area (TPSA) is 46.6 Å². The molecule has 1 aliphatic rings. The zero-order valence-corrected chi connectivity index (χ0v) is 14.5. The van der Waals surface area contributed by atoms with Crippen molar-refractivity contribution in [2.24, 2.45) is 0 Å². The van der Waals surface area contributed by atoms with Crippen molar-refractivity contribution in [2.75, 3.05) is 7.11 Å². The predicted octanol–water partition coefficient (Wildman–Crippen LogP) is 3.73. The third-order valence-electron chi connectivity index (χ3n) is 4.16. The van der Waals surface area contributed by atoms with Crippen molar-refractivity contribution in [3.63, 3.8) is 0 Å². The van der Waals surface area contributed by atoms with Gasteiger partial charge in [0, 0.05) is 13.0 Å². The van der Waals surface area contributed by atoms with Crippen molar-refractivity contribution in [1.82, 2.24) is 4.90 Å². The minimum atomic E-state index is -0.688. The number of amides is 1. The van der Waals surface area contributed by atoms with Gasteiger partial charge in [0.25, 0.3) is 5.91 Å². The summed E-state index contributed by atoms with van der Waals surface area (Å²) in [5.41, 5.74) is 2.32. The molecule has 0 saturated carbocycles. The molecule has 1 amide bonds. The average molecular weight is 364 g/mol. The van der Waals surface area contributed by atoms with Gasteiger partial charge in [-0.2, -0.15) is 0 Å². The number of carbonyl (C=O) groups is 2. The van der Waals surface area contributed by atoms with Gasteiger partial charge in [-0.3, -0.25) is 4.79 Å². The van der Waals surface area contributed by atoms with E-state index < -0.39 is 12.0 Å². The first-order valence-corrected chi connectivity index (χ1v) is 8.18. The lowest BCUT2D eigenvalue weighted by molar-refractivity contribution is -0.146. The quantitative estimate of drug-likeness (QED) is 0.763. The van der Waals surface area contributed by atoms with Crippen LogP contribution in [-0.4, -0.2) is 29.9 Å². The summed E-state index contributed by atoms with van der Waals surface area (Å²) in [6.07, 6.45) is 0.409. The van der Waals surface area contributed by atoms with Gasteiger partial charge in [0.2, 0.25) is 0 Å². The second kappa shape index (κ2) is 6.83. The zero-order valence-electron chi connectivity index (χ0n) is 13.0. The lowest BCUT2D eigenvalue weighted by Crippen LogP contribution is -2.49. The van der Waals surface area contributed by atoms with Crippen molar-refractivity contribution in [2.45, 2.75) is 19.0 Å². The molecule has 0 fully saturated rings. The van der Waals surface area contributed by atoms with E-state index in [2.05, 4.69) is 0 Å². The Morgan fingerprint density at radius 1 is 1.08 bits per heavy atom. The van der Waals surface area contributed by atoms with Crippen LogP contribution in [0.5, 0.6) is 0 Å². The lowest BCUT2D eigenvalue weighted by Gasteiger charge is -2.35. The summed E-state index contributed by atoms with van der Waals surface area (Å²) in [7, 11) is 1.32. The number of benzene rings is 2. The van der Waals surface area contributed by atoms with Crippen LogP contribution in [0.2, 0.25) is 10.0 Å². The van der Waals surface area contributed by atoms with E-state index in [1.807, 2.05) is 24.3 Å². The number of hydrogen-bond donors (Lipinski definition) is 0. The van der Waals surface area contributed by atoms with E-state index in [1.54, 1.807) is 18.2 Å². The fraction of sp³-hybridized carbons (Fsp3) is 0.222. The Hall–Kier alpha value is -2.04. The zero-order chi connectivity index (χ0) is 17.3. The first-order valence-electron chi connectivity index (χ1n) is 7.42. The smallest absolute Gasteiger partial charge is 0.328 e. The number of rotatable bonds is 2. The normalized spacial score (nSPS) is 16.5. The Morgan fingerprint density at radius 2 is 1.79 bits per heavy atom. The van der Waals surface area contributed by atoms with Gasteiger partial charge in [-0.15, -0.1) is 0 Å². The van der Waals surface area contributed by atoms with Gasteiger partial charge in [-0.25, -0.2) is 4.79 Å². The first-order chi connectivity index (χ1) is 11.5. The van der Waals surface area contributed by atoms with Gasteiger partial charge < -0.3 is 9.64 Å². The number of fused-ring (bicyclic) bond motifs is 1. The van der Waals surface area contributed by atoms with Gasteiger partial charge in [0.05, 0.1) is 22.7 Å². The summed E-state index contributed by atoms with van der Waals surface area (Å²) in [5.74, 6) is -0.789. The molecule has 0 bridgehead atoms. The molecule has 0 N–H and O–H groups in total. The van der Waals surface area contributed by atoms with Crippen LogP contribution in [0.4, 0.5) is 0 Å². The van der Waals surface area contributed by atoms with E-state index in [0.717, 1.165) is 11.1 Å². The van der Waals surface area contributed by atoms with Gasteiger partial charge in [0.15, 0.2) is 0 Å². The highest BCUT2D eigenvalue weighted by Gasteiger charge is 2.36. The van der Waals surface area contributed by atoms with Crippen molar-refractivity contribution >= 4 is 35.1 Å². The summed E-state index contributed by atoms with van der Waals surface area (Å²) < 4.78 is 4.88. The summed E-state index contributed by atoms with van der Waals surface area (Å²) >= 11 is 12.2. The third kappa shape index (κ3) is 2.99. The van der Waals surface area contributed by atoms with E-state index in [0.29, 0.717) is 18.0 Å². The largest absolute Gasteiger partial charge is 0.467 e. The van der Waals surface area contributed by atoms with Crippen LogP contribution in [0.25, 0.3) is 0 Å². The van der Waals surface area contributed by atoms with Crippen LogP contribution >= 0.6 is 23.2 Å². The minimum Gasteiger partial charge on any atom is -0.467 e. The molecule has 0 saturated heterocycles. The molecule has 1 unspecified atom stereocenters. The van der Waals surface area contributed by atoms with Crippen molar-refractivity contribution in [3.8, 4) is 0 Å². The fourth-order valence-corrected chi connectivity index (χ4v) is 3.29. The maximum absolute atomic E-state index is 13.0. The van der Waals surface area contributed by atoms with E-state index in [4.69, 9.17) is 27.9 Å². The van der Waals surface area contributed by atoms with Gasteiger partial charge in [0.1, 0.15) is 6.04 Å². The molecule has 1 heterocycles. The lowest BCUT2D eigenvalue weighted by atomic mass is 9.93. The van der Waals surface area contributed by atoms with Crippen LogP contribution in [0.1, 0.15) is 21.5 Å². The van der Waals surface area contributed by atoms with Crippen molar-refractivity contribution in [1.29, 1.82) is 0 Å². The molecule has 4 nitrogen and oxygen atoms in total. The van der Waals surface area contributed by atoms with E-state index in [9.17, 15) is 9.59 Å². The van der Waals surface area contributed by atoms with E-state index in [1.165, 1.54) is 12.0 Å². The van der Waals surface area contributed by atoms with E-state index in [-0.39, 0.29) is 16.5 Å². The van der Waals surface area contributed by atoms with Crippen LogP contribution < -0.4 is 0 Å². The SMILES string of the molecule is COC(=O)C1Cc2ccccc2CN1C(=O)c1cccc(Cl)c1Cl. The van der Waals surface area contributed by atoms with Crippen LogP contribution in [-0.2, 0) is 22.5 Å². The number of ether oxygens (including phenoxy) is 1. The molecule has 3 rings (SSSR count). The monoisotopic (exact) mass is 363 g/mol. The molecule has 1 aliphatic heterocycles. The number of hydrogen-bond acceptors (Lipinski definition) is 3. The Balaban J connectivity index is 2.01. The Bertz CT molecular complexity index is 807. The Morgan fingerprint density at radius 3 is 2.50 bits per heavy atom. The van der Waals surface area contributed by atoms with Crippen molar-refractivity contribution in [3.05, 3.63) is 69.2 Å². The minimum absolute atomic E-state index is 0.187. The maximum atomic E-state index is 13.0. The summed E-state index contributed by atoms with van der Waals surface area (Å²) in [6.45, 7) is 0.317. The molecular weight excluding hydrogens is 349 g/mol.